The van der Waals surface area contributed by atoms with Crippen LogP contribution in [0.25, 0.3) is 6.08 Å². The second-order valence-corrected chi connectivity index (χ2v) is 5.35. The molecule has 2 N–H and O–H groups in total. The van der Waals surface area contributed by atoms with Crippen molar-refractivity contribution in [1.82, 2.24) is 5.32 Å². The summed E-state index contributed by atoms with van der Waals surface area (Å²) in [7, 11) is 0. The van der Waals surface area contributed by atoms with E-state index in [-0.39, 0.29) is 24.5 Å². The first-order valence-corrected chi connectivity index (χ1v) is 6.67. The molecule has 0 unspecified atom stereocenters. The Morgan fingerprint density at radius 1 is 1.50 bits per heavy atom. The molecule has 1 aromatic rings. The first-order valence-electron chi connectivity index (χ1n) is 5.88. The summed E-state index contributed by atoms with van der Waals surface area (Å²) in [6.07, 6.45) is 3.22. The van der Waals surface area contributed by atoms with Gasteiger partial charge in [0.15, 0.2) is 0 Å². The maximum atomic E-state index is 11.7. The third-order valence-electron chi connectivity index (χ3n) is 2.60. The molecule has 4 heteroatoms. The summed E-state index contributed by atoms with van der Waals surface area (Å²) in [5, 5.41) is 11.9. The van der Waals surface area contributed by atoms with E-state index in [2.05, 4.69) is 21.2 Å². The number of nitrogens with one attached hydrogen (secondary N) is 1. The van der Waals surface area contributed by atoms with Gasteiger partial charge < -0.3 is 10.4 Å². The molecular weight excluding hydrogens is 294 g/mol. The molecule has 1 amide bonds. The van der Waals surface area contributed by atoms with Crippen LogP contribution in [-0.2, 0) is 4.79 Å². The van der Waals surface area contributed by atoms with Crippen molar-refractivity contribution in [3.8, 4) is 0 Å². The van der Waals surface area contributed by atoms with Gasteiger partial charge in [-0.3, -0.25) is 4.79 Å². The molecule has 0 heterocycles. The Hall–Kier alpha value is -1.13. The maximum absolute atomic E-state index is 11.7. The maximum Gasteiger partial charge on any atom is 0.244 e. The van der Waals surface area contributed by atoms with Crippen molar-refractivity contribution in [2.45, 2.75) is 19.9 Å². The van der Waals surface area contributed by atoms with Crippen molar-refractivity contribution in [3.05, 3.63) is 40.4 Å². The summed E-state index contributed by atoms with van der Waals surface area (Å²) in [5.74, 6) is 0.0148. The Bertz CT molecular complexity index is 430. The minimum Gasteiger partial charge on any atom is -0.394 e. The summed E-state index contributed by atoms with van der Waals surface area (Å²) < 4.78 is 0.973. The predicted molar refractivity (Wildman–Crippen MR) is 77.0 cm³/mol. The molecule has 1 rings (SSSR count). The van der Waals surface area contributed by atoms with Crippen LogP contribution >= 0.6 is 15.9 Å². The topological polar surface area (TPSA) is 49.3 Å². The van der Waals surface area contributed by atoms with Crippen LogP contribution in [0.4, 0.5) is 0 Å². The number of carbonyl (C=O) groups excluding carboxylic acids is 1. The molecule has 0 aliphatic carbocycles. The molecule has 98 valence electrons. The molecule has 3 nitrogen and oxygen atoms in total. The number of hydrogen-bond acceptors (Lipinski definition) is 2. The van der Waals surface area contributed by atoms with E-state index in [9.17, 15) is 4.79 Å². The molecule has 1 aromatic carbocycles. The highest BCUT2D eigenvalue weighted by Crippen LogP contribution is 2.12. The molecule has 0 aliphatic heterocycles. The largest absolute Gasteiger partial charge is 0.394 e. The molecule has 1 atom stereocenters. The standard InChI is InChI=1S/C14H18BrNO2/c1-10(2)13(9-17)16-14(18)7-6-11-4-3-5-12(15)8-11/h3-8,10,13,17H,9H2,1-2H3,(H,16,18)/t13-/m1/s1. The molecule has 0 saturated heterocycles. The minimum atomic E-state index is -0.204. The zero-order chi connectivity index (χ0) is 13.5. The third-order valence-corrected chi connectivity index (χ3v) is 3.10. The van der Waals surface area contributed by atoms with E-state index in [1.165, 1.54) is 6.08 Å². The highest BCUT2D eigenvalue weighted by Gasteiger charge is 2.13. The molecule has 0 spiro atoms. The van der Waals surface area contributed by atoms with Crippen molar-refractivity contribution < 1.29 is 9.90 Å². The van der Waals surface area contributed by atoms with Gasteiger partial charge in [-0.1, -0.05) is 41.9 Å². The van der Waals surface area contributed by atoms with Crippen LogP contribution in [0.5, 0.6) is 0 Å². The van der Waals surface area contributed by atoms with Gasteiger partial charge in [0, 0.05) is 10.5 Å². The second kappa shape index (κ2) is 7.34. The number of hydrogen-bond donors (Lipinski definition) is 2. The number of carbonyl (C=O) groups is 1. The SMILES string of the molecule is CC(C)[C@@H](CO)NC(=O)C=Cc1cccc(Br)c1. The summed E-state index contributed by atoms with van der Waals surface area (Å²) in [6.45, 7) is 3.87. The zero-order valence-electron chi connectivity index (χ0n) is 10.6. The van der Waals surface area contributed by atoms with Crippen LogP contribution < -0.4 is 5.32 Å². The first-order chi connectivity index (χ1) is 8.52. The van der Waals surface area contributed by atoms with E-state index in [0.29, 0.717) is 0 Å². The third kappa shape index (κ3) is 5.02. The van der Waals surface area contributed by atoms with E-state index < -0.39 is 0 Å². The fraction of sp³-hybridized carbons (Fsp3) is 0.357. The van der Waals surface area contributed by atoms with Crippen LogP contribution in [0, 0.1) is 5.92 Å². The molecular formula is C14H18BrNO2. The van der Waals surface area contributed by atoms with Crippen molar-refractivity contribution in [3.63, 3.8) is 0 Å². The van der Waals surface area contributed by atoms with Crippen LogP contribution in [0.3, 0.4) is 0 Å². The van der Waals surface area contributed by atoms with E-state index >= 15 is 0 Å². The van der Waals surface area contributed by atoms with Gasteiger partial charge in [-0.25, -0.2) is 0 Å². The summed E-state index contributed by atoms with van der Waals surface area (Å²) >= 11 is 3.37. The molecule has 0 bridgehead atoms. The molecule has 0 fully saturated rings. The number of aliphatic hydroxyl groups is 1. The molecule has 0 aliphatic rings. The lowest BCUT2D eigenvalue weighted by molar-refractivity contribution is -0.117. The normalized spacial score (nSPS) is 12.9. The van der Waals surface area contributed by atoms with Gasteiger partial charge in [-0.05, 0) is 29.7 Å². The lowest BCUT2D eigenvalue weighted by Crippen LogP contribution is -2.40. The lowest BCUT2D eigenvalue weighted by Gasteiger charge is -2.18. The van der Waals surface area contributed by atoms with E-state index in [1.807, 2.05) is 38.1 Å². The summed E-state index contributed by atoms with van der Waals surface area (Å²) in [4.78, 5) is 11.7. The van der Waals surface area contributed by atoms with Gasteiger partial charge in [0.1, 0.15) is 0 Å². The highest BCUT2D eigenvalue weighted by molar-refractivity contribution is 9.10. The Labute approximate surface area is 116 Å². The second-order valence-electron chi connectivity index (χ2n) is 4.43. The Morgan fingerprint density at radius 2 is 2.22 bits per heavy atom. The summed E-state index contributed by atoms with van der Waals surface area (Å²) in [5.41, 5.74) is 0.949. The van der Waals surface area contributed by atoms with Crippen molar-refractivity contribution in [1.29, 1.82) is 0 Å². The van der Waals surface area contributed by atoms with Crippen LogP contribution in [0.15, 0.2) is 34.8 Å². The highest BCUT2D eigenvalue weighted by atomic mass is 79.9. The number of rotatable bonds is 5. The molecule has 0 radical (unpaired) electrons. The molecule has 18 heavy (non-hydrogen) atoms. The summed E-state index contributed by atoms with van der Waals surface area (Å²) in [6, 6.07) is 7.48. The van der Waals surface area contributed by atoms with Gasteiger partial charge in [0.25, 0.3) is 0 Å². The zero-order valence-corrected chi connectivity index (χ0v) is 12.1. The molecule has 0 saturated carbocycles. The number of aliphatic hydroxyl groups excluding tert-OH is 1. The van der Waals surface area contributed by atoms with Crippen molar-refractivity contribution >= 4 is 27.9 Å². The van der Waals surface area contributed by atoms with Crippen LogP contribution in [-0.4, -0.2) is 23.7 Å². The Morgan fingerprint density at radius 3 is 2.78 bits per heavy atom. The van der Waals surface area contributed by atoms with Crippen LogP contribution in [0.2, 0.25) is 0 Å². The smallest absolute Gasteiger partial charge is 0.244 e. The average Bonchev–Trinajstić information content (AvgIpc) is 2.33. The Balaban J connectivity index is 2.59. The van der Waals surface area contributed by atoms with Crippen molar-refractivity contribution in [2.75, 3.05) is 6.61 Å². The fourth-order valence-corrected chi connectivity index (χ4v) is 1.85. The minimum absolute atomic E-state index is 0.0475. The van der Waals surface area contributed by atoms with E-state index in [4.69, 9.17) is 5.11 Å². The van der Waals surface area contributed by atoms with Crippen LogP contribution in [0.1, 0.15) is 19.4 Å². The quantitative estimate of drug-likeness (QED) is 0.821. The monoisotopic (exact) mass is 311 g/mol. The average molecular weight is 312 g/mol. The number of halogens is 1. The predicted octanol–water partition coefficient (Wildman–Crippen LogP) is 2.60. The number of benzene rings is 1. The van der Waals surface area contributed by atoms with Gasteiger partial charge in [0.2, 0.25) is 5.91 Å². The van der Waals surface area contributed by atoms with Gasteiger partial charge in [-0.15, -0.1) is 0 Å². The van der Waals surface area contributed by atoms with E-state index in [1.54, 1.807) is 6.08 Å². The lowest BCUT2D eigenvalue weighted by atomic mass is 10.1. The van der Waals surface area contributed by atoms with Gasteiger partial charge in [-0.2, -0.15) is 0 Å². The Kier molecular flexibility index (Phi) is 6.09. The molecule has 0 aromatic heterocycles. The number of amides is 1. The van der Waals surface area contributed by atoms with Crippen molar-refractivity contribution in [2.24, 2.45) is 5.92 Å². The van der Waals surface area contributed by atoms with Gasteiger partial charge in [0.05, 0.1) is 12.6 Å². The first kappa shape index (κ1) is 14.9. The van der Waals surface area contributed by atoms with Gasteiger partial charge >= 0.3 is 0 Å². The van der Waals surface area contributed by atoms with E-state index in [0.717, 1.165) is 10.0 Å². The fourth-order valence-electron chi connectivity index (χ4n) is 1.44.